The summed E-state index contributed by atoms with van der Waals surface area (Å²) in [6.45, 7) is 3.79. The van der Waals surface area contributed by atoms with Crippen LogP contribution in [0, 0.1) is 0 Å². The van der Waals surface area contributed by atoms with Gasteiger partial charge in [-0.2, -0.15) is 9.78 Å². The Hall–Kier alpha value is -3.78. The first kappa shape index (κ1) is 22.0. The summed E-state index contributed by atoms with van der Waals surface area (Å²) in [7, 11) is 0. The molecule has 2 aromatic heterocycles. The smallest absolute Gasteiger partial charge is 0.434 e. The van der Waals surface area contributed by atoms with E-state index in [-0.39, 0.29) is 30.8 Å². The summed E-state index contributed by atoms with van der Waals surface area (Å²) < 4.78 is 8.39. The van der Waals surface area contributed by atoms with Gasteiger partial charge in [0.2, 0.25) is 0 Å². The molecule has 1 atom stereocenters. The number of aromatic nitrogens is 3. The number of nitrogens with zero attached hydrogens (tertiary/aromatic N) is 7. The van der Waals surface area contributed by atoms with Gasteiger partial charge in [-0.05, 0) is 75.2 Å². The Morgan fingerprint density at radius 1 is 1.26 bits per heavy atom. The van der Waals surface area contributed by atoms with E-state index >= 15 is 0 Å². The van der Waals surface area contributed by atoms with E-state index in [2.05, 4.69) is 15.1 Å². The summed E-state index contributed by atoms with van der Waals surface area (Å²) >= 11 is 0. The predicted molar refractivity (Wildman–Crippen MR) is 125 cm³/mol. The molecule has 1 saturated carbocycles. The molecule has 0 spiro atoms. The molecule has 0 bridgehead atoms. The molecular formula is C24H27N7O3. The van der Waals surface area contributed by atoms with Crippen molar-refractivity contribution in [2.75, 3.05) is 0 Å². The van der Waals surface area contributed by atoms with Crippen LogP contribution in [0.3, 0.4) is 0 Å². The molecule has 3 aromatic rings. The van der Waals surface area contributed by atoms with Crippen molar-refractivity contribution in [2.45, 2.75) is 70.8 Å². The first-order valence-electron chi connectivity index (χ1n) is 11.7. The quantitative estimate of drug-likeness (QED) is 0.301. The van der Waals surface area contributed by atoms with Crippen LogP contribution in [0.25, 0.3) is 21.3 Å². The molecule has 2 aliphatic rings. The summed E-state index contributed by atoms with van der Waals surface area (Å²) in [5.41, 5.74) is 12.1. The van der Waals surface area contributed by atoms with Crippen molar-refractivity contribution in [3.63, 3.8) is 0 Å². The maximum Gasteiger partial charge on any atom is 0.434 e. The van der Waals surface area contributed by atoms with Crippen LogP contribution in [-0.2, 0) is 24.2 Å². The van der Waals surface area contributed by atoms with Crippen LogP contribution in [0.15, 0.2) is 41.8 Å². The van der Waals surface area contributed by atoms with Gasteiger partial charge in [-0.15, -0.1) is 0 Å². The van der Waals surface area contributed by atoms with Crippen LogP contribution in [0.4, 0.5) is 4.79 Å². The van der Waals surface area contributed by atoms with Crippen LogP contribution >= 0.6 is 0 Å². The Bertz CT molecular complexity index is 1300. The van der Waals surface area contributed by atoms with Crippen molar-refractivity contribution < 1.29 is 14.3 Å². The second-order valence-corrected chi connectivity index (χ2v) is 9.21. The number of azide groups is 1. The molecule has 0 radical (unpaired) electrons. The minimum atomic E-state index is -0.479. The topological polar surface area (TPSA) is 118 Å². The molecule has 176 valence electrons. The summed E-state index contributed by atoms with van der Waals surface area (Å²) in [4.78, 5) is 31.0. The van der Waals surface area contributed by atoms with Crippen molar-refractivity contribution in [3.05, 3.63) is 63.9 Å². The molecule has 5 rings (SSSR count). The third-order valence-electron chi connectivity index (χ3n) is 6.46. The van der Waals surface area contributed by atoms with Gasteiger partial charge in [-0.3, -0.25) is 4.79 Å². The average Bonchev–Trinajstić information content (AvgIpc) is 3.40. The Kier molecular flexibility index (Phi) is 5.75. The lowest BCUT2D eigenvalue weighted by Gasteiger charge is -2.34. The van der Waals surface area contributed by atoms with Crippen LogP contribution in [0.2, 0.25) is 0 Å². The third kappa shape index (κ3) is 4.12. The van der Waals surface area contributed by atoms with Crippen LogP contribution in [0.1, 0.15) is 54.7 Å². The molecule has 1 aromatic carbocycles. The fourth-order valence-electron chi connectivity index (χ4n) is 4.82. The molecule has 2 heterocycles. The van der Waals surface area contributed by atoms with E-state index in [1.54, 1.807) is 6.20 Å². The highest BCUT2D eigenvalue weighted by Crippen LogP contribution is 2.36. The number of hydrogen-bond donors (Lipinski definition) is 0. The number of carbonyl (C=O) groups is 2. The number of amides is 1. The van der Waals surface area contributed by atoms with Crippen LogP contribution in [-0.4, -0.2) is 49.4 Å². The molecule has 34 heavy (non-hydrogen) atoms. The molecule has 0 saturated heterocycles. The zero-order valence-corrected chi connectivity index (χ0v) is 19.3. The number of ether oxygens (including phenoxy) is 1. The van der Waals surface area contributed by atoms with E-state index in [1.807, 2.05) is 53.8 Å². The molecular weight excluding hydrogens is 434 g/mol. The van der Waals surface area contributed by atoms with Crippen molar-refractivity contribution in [1.29, 1.82) is 0 Å². The van der Waals surface area contributed by atoms with Gasteiger partial charge in [-0.25, -0.2) is 4.79 Å². The molecule has 0 N–H and O–H groups in total. The monoisotopic (exact) mass is 461 g/mol. The van der Waals surface area contributed by atoms with Crippen LogP contribution < -0.4 is 0 Å². The Balaban J connectivity index is 1.41. The van der Waals surface area contributed by atoms with Crippen molar-refractivity contribution in [1.82, 2.24) is 19.2 Å². The molecule has 1 fully saturated rings. The largest absolute Gasteiger partial charge is 0.445 e. The second-order valence-electron chi connectivity index (χ2n) is 9.21. The first-order valence-corrected chi connectivity index (χ1v) is 11.7. The molecule has 10 heteroatoms. The number of aryl methyl sites for hydroxylation is 1. The fourth-order valence-corrected chi connectivity index (χ4v) is 4.82. The molecule has 10 nitrogen and oxygen atoms in total. The highest BCUT2D eigenvalue weighted by molar-refractivity contribution is 6.07. The first-order chi connectivity index (χ1) is 16.5. The number of hydrogen-bond acceptors (Lipinski definition) is 5. The lowest BCUT2D eigenvalue weighted by molar-refractivity contribution is 0.0644. The number of fused-ring (bicyclic) bond motifs is 2. The summed E-state index contributed by atoms with van der Waals surface area (Å²) in [6.07, 6.45) is 7.09. The number of carbonyl (C=O) groups excluding carboxylic acids is 2. The number of rotatable bonds is 6. The zero-order chi connectivity index (χ0) is 23.8. The molecule has 2 aliphatic carbocycles. The van der Waals surface area contributed by atoms with Gasteiger partial charge < -0.3 is 14.2 Å². The predicted octanol–water partition coefficient (Wildman–Crippen LogP) is 4.66. The Labute approximate surface area is 196 Å². The van der Waals surface area contributed by atoms with E-state index in [0.29, 0.717) is 18.4 Å². The van der Waals surface area contributed by atoms with E-state index in [9.17, 15) is 9.59 Å². The van der Waals surface area contributed by atoms with Gasteiger partial charge in [0.25, 0.3) is 5.91 Å². The maximum absolute atomic E-state index is 13.8. The third-order valence-corrected chi connectivity index (χ3v) is 6.46. The van der Waals surface area contributed by atoms with Gasteiger partial charge in [0.05, 0.1) is 11.8 Å². The lowest BCUT2D eigenvalue weighted by atomic mass is 9.91. The van der Waals surface area contributed by atoms with E-state index < -0.39 is 6.09 Å². The fraction of sp³-hybridized carbons (Fsp3) is 0.458. The summed E-state index contributed by atoms with van der Waals surface area (Å²) in [6, 6.07) is 7.86. The Morgan fingerprint density at radius 2 is 2.09 bits per heavy atom. The number of benzene rings is 1. The highest BCUT2D eigenvalue weighted by Gasteiger charge is 2.40. The highest BCUT2D eigenvalue weighted by atomic mass is 16.6. The van der Waals surface area contributed by atoms with E-state index in [0.717, 1.165) is 41.4 Å². The molecule has 0 aliphatic heterocycles. The van der Waals surface area contributed by atoms with Crippen molar-refractivity contribution in [3.8, 4) is 0 Å². The minimum absolute atomic E-state index is 0.0229. The van der Waals surface area contributed by atoms with Crippen molar-refractivity contribution >= 4 is 22.9 Å². The Morgan fingerprint density at radius 3 is 2.82 bits per heavy atom. The second kappa shape index (κ2) is 8.87. The van der Waals surface area contributed by atoms with E-state index in [1.165, 1.54) is 4.68 Å². The van der Waals surface area contributed by atoms with E-state index in [4.69, 9.17) is 10.3 Å². The molecule has 1 amide bonds. The summed E-state index contributed by atoms with van der Waals surface area (Å²) in [5.74, 6) is 0.0229. The SMILES string of the molecule is CC(C)OC(=O)n1cc2c(n1)CCC(N(C(=O)c1cccc3c1ccn3CN=[N+]=[N-])C1CC1)C2. The normalized spacial score (nSPS) is 17.3. The standard InChI is InChI=1S/C24H27N7O3/c1-15(2)34-24(33)30-13-16-12-18(8-9-21(16)27-30)31(17-6-7-17)23(32)20-4-3-5-22-19(20)10-11-29(22)14-26-28-25/h3-5,10-11,13,15,17-18H,6-9,12,14H2,1-2H3. The van der Waals surface area contributed by atoms with Crippen LogP contribution in [0.5, 0.6) is 0 Å². The average molecular weight is 462 g/mol. The van der Waals surface area contributed by atoms with Gasteiger partial charge >= 0.3 is 6.09 Å². The summed E-state index contributed by atoms with van der Waals surface area (Å²) in [5, 5.41) is 8.93. The van der Waals surface area contributed by atoms with Gasteiger partial charge in [0.1, 0.15) is 6.67 Å². The minimum Gasteiger partial charge on any atom is -0.445 e. The molecule has 1 unspecified atom stereocenters. The lowest BCUT2D eigenvalue weighted by Crippen LogP contribution is -2.44. The van der Waals surface area contributed by atoms with Gasteiger partial charge in [0, 0.05) is 45.9 Å². The van der Waals surface area contributed by atoms with Gasteiger partial charge in [0.15, 0.2) is 0 Å². The van der Waals surface area contributed by atoms with Gasteiger partial charge in [-0.1, -0.05) is 11.2 Å². The maximum atomic E-state index is 13.8. The van der Waals surface area contributed by atoms with Crippen molar-refractivity contribution in [2.24, 2.45) is 5.11 Å². The zero-order valence-electron chi connectivity index (χ0n) is 19.3.